The maximum absolute atomic E-state index is 11.3. The quantitative estimate of drug-likeness (QED) is 0.492. The summed E-state index contributed by atoms with van der Waals surface area (Å²) in [7, 11) is 1.59. The maximum Gasteiger partial charge on any atom is 0.306 e. The Morgan fingerprint density at radius 1 is 1.33 bits per heavy atom. The predicted molar refractivity (Wildman–Crippen MR) is 59.8 cm³/mol. The molecule has 1 N–H and O–H groups in total. The van der Waals surface area contributed by atoms with E-state index in [9.17, 15) is 4.79 Å². The molecule has 0 amide bonds. The summed E-state index contributed by atoms with van der Waals surface area (Å²) >= 11 is 0. The molecule has 0 heterocycles. The number of nitrogens with one attached hydrogen (secondary N) is 1. The Balaban J connectivity index is 3.40. The molecule has 0 aromatic heterocycles. The number of carbonyl (C=O) groups is 1. The van der Waals surface area contributed by atoms with Crippen LogP contribution in [0, 0.1) is 0 Å². The topological polar surface area (TPSA) is 47.6 Å². The van der Waals surface area contributed by atoms with Crippen molar-refractivity contribution in [2.75, 3.05) is 20.3 Å². The predicted octanol–water partition coefficient (Wildman–Crippen LogP) is 1.34. The standard InChI is InChI=1S/C11H23NO3/c1-9(2)12-7-5-6-11(13)15-10(3)8-14-4/h9-10,12H,5-8H2,1-4H3. The molecule has 1 unspecified atom stereocenters. The van der Waals surface area contributed by atoms with Crippen LogP contribution < -0.4 is 5.32 Å². The third-order valence-electron chi connectivity index (χ3n) is 1.84. The lowest BCUT2D eigenvalue weighted by Crippen LogP contribution is -2.25. The molecule has 0 saturated carbocycles. The van der Waals surface area contributed by atoms with Gasteiger partial charge in [-0.05, 0) is 19.9 Å². The Morgan fingerprint density at radius 3 is 2.53 bits per heavy atom. The molecule has 0 saturated heterocycles. The highest BCUT2D eigenvalue weighted by molar-refractivity contribution is 5.69. The van der Waals surface area contributed by atoms with Gasteiger partial charge in [-0.15, -0.1) is 0 Å². The van der Waals surface area contributed by atoms with Gasteiger partial charge in [-0.1, -0.05) is 13.8 Å². The first kappa shape index (κ1) is 14.4. The number of hydrogen-bond donors (Lipinski definition) is 1. The lowest BCUT2D eigenvalue weighted by atomic mass is 10.3. The summed E-state index contributed by atoms with van der Waals surface area (Å²) < 4.78 is 9.98. The zero-order valence-corrected chi connectivity index (χ0v) is 10.2. The number of methoxy groups -OCH3 is 1. The molecule has 0 aliphatic rings. The van der Waals surface area contributed by atoms with Gasteiger partial charge in [0, 0.05) is 19.6 Å². The lowest BCUT2D eigenvalue weighted by molar-refractivity contribution is -0.150. The summed E-state index contributed by atoms with van der Waals surface area (Å²) in [5.74, 6) is -0.148. The summed E-state index contributed by atoms with van der Waals surface area (Å²) in [6.07, 6.45) is 1.13. The van der Waals surface area contributed by atoms with Crippen LogP contribution in [-0.4, -0.2) is 38.4 Å². The van der Waals surface area contributed by atoms with Crippen molar-refractivity contribution in [1.29, 1.82) is 0 Å². The molecule has 0 radical (unpaired) electrons. The molecule has 15 heavy (non-hydrogen) atoms. The van der Waals surface area contributed by atoms with Crippen molar-refractivity contribution in [3.63, 3.8) is 0 Å². The van der Waals surface area contributed by atoms with Crippen LogP contribution in [0.3, 0.4) is 0 Å². The normalized spacial score (nSPS) is 12.9. The number of hydrogen-bond acceptors (Lipinski definition) is 4. The van der Waals surface area contributed by atoms with Gasteiger partial charge in [-0.3, -0.25) is 4.79 Å². The van der Waals surface area contributed by atoms with Gasteiger partial charge in [0.25, 0.3) is 0 Å². The van der Waals surface area contributed by atoms with Crippen LogP contribution in [0.2, 0.25) is 0 Å². The van der Waals surface area contributed by atoms with E-state index in [2.05, 4.69) is 19.2 Å². The van der Waals surface area contributed by atoms with Gasteiger partial charge in [0.1, 0.15) is 6.10 Å². The largest absolute Gasteiger partial charge is 0.460 e. The van der Waals surface area contributed by atoms with Crippen LogP contribution in [0.15, 0.2) is 0 Å². The van der Waals surface area contributed by atoms with Crippen molar-refractivity contribution in [2.24, 2.45) is 0 Å². The van der Waals surface area contributed by atoms with E-state index in [4.69, 9.17) is 9.47 Å². The second kappa shape index (κ2) is 8.68. The number of ether oxygens (including phenoxy) is 2. The van der Waals surface area contributed by atoms with E-state index in [1.165, 1.54) is 0 Å². The van der Waals surface area contributed by atoms with E-state index < -0.39 is 0 Å². The molecule has 0 aliphatic carbocycles. The van der Waals surface area contributed by atoms with E-state index >= 15 is 0 Å². The molecule has 0 aromatic rings. The first-order valence-electron chi connectivity index (χ1n) is 5.48. The second-order valence-electron chi connectivity index (χ2n) is 3.97. The van der Waals surface area contributed by atoms with Crippen molar-refractivity contribution < 1.29 is 14.3 Å². The third kappa shape index (κ3) is 9.69. The summed E-state index contributed by atoms with van der Waals surface area (Å²) in [5, 5.41) is 3.25. The van der Waals surface area contributed by atoms with Crippen LogP contribution in [0.25, 0.3) is 0 Å². The fraction of sp³-hybridized carbons (Fsp3) is 0.909. The summed E-state index contributed by atoms with van der Waals surface area (Å²) in [6, 6.07) is 0.466. The summed E-state index contributed by atoms with van der Waals surface area (Å²) in [5.41, 5.74) is 0. The molecule has 0 spiro atoms. The number of rotatable bonds is 8. The van der Waals surface area contributed by atoms with Gasteiger partial charge in [-0.25, -0.2) is 0 Å². The third-order valence-corrected chi connectivity index (χ3v) is 1.84. The number of carbonyl (C=O) groups excluding carboxylic acids is 1. The van der Waals surface area contributed by atoms with Crippen molar-refractivity contribution >= 4 is 5.97 Å². The second-order valence-corrected chi connectivity index (χ2v) is 3.97. The fourth-order valence-electron chi connectivity index (χ4n) is 1.18. The molecule has 1 atom stereocenters. The minimum Gasteiger partial charge on any atom is -0.460 e. The van der Waals surface area contributed by atoms with Crippen LogP contribution >= 0.6 is 0 Å². The Bertz CT molecular complexity index is 171. The average molecular weight is 217 g/mol. The smallest absolute Gasteiger partial charge is 0.306 e. The molecule has 4 nitrogen and oxygen atoms in total. The Hall–Kier alpha value is -0.610. The molecule has 0 bridgehead atoms. The van der Waals surface area contributed by atoms with Crippen molar-refractivity contribution in [3.8, 4) is 0 Å². The van der Waals surface area contributed by atoms with Gasteiger partial charge in [-0.2, -0.15) is 0 Å². The van der Waals surface area contributed by atoms with Gasteiger partial charge < -0.3 is 14.8 Å². The van der Waals surface area contributed by atoms with Gasteiger partial charge >= 0.3 is 5.97 Å². The molecule has 4 heteroatoms. The fourth-order valence-corrected chi connectivity index (χ4v) is 1.18. The molecule has 0 rings (SSSR count). The molecule has 0 aromatic carbocycles. The molecule has 90 valence electrons. The monoisotopic (exact) mass is 217 g/mol. The molecule has 0 fully saturated rings. The summed E-state index contributed by atoms with van der Waals surface area (Å²) in [6.45, 7) is 7.30. The Labute approximate surface area is 92.3 Å². The zero-order valence-electron chi connectivity index (χ0n) is 10.2. The first-order chi connectivity index (χ1) is 7.06. The minimum absolute atomic E-state index is 0.148. The van der Waals surface area contributed by atoms with E-state index in [0.717, 1.165) is 13.0 Å². The van der Waals surface area contributed by atoms with Crippen LogP contribution in [0.5, 0.6) is 0 Å². The molecular weight excluding hydrogens is 194 g/mol. The minimum atomic E-state index is -0.152. The highest BCUT2D eigenvalue weighted by atomic mass is 16.6. The van der Waals surface area contributed by atoms with Gasteiger partial charge in [0.2, 0.25) is 0 Å². The SMILES string of the molecule is COCC(C)OC(=O)CCCNC(C)C. The van der Waals surface area contributed by atoms with Gasteiger partial charge in [0.05, 0.1) is 6.61 Å². The van der Waals surface area contributed by atoms with Crippen LogP contribution in [0.4, 0.5) is 0 Å². The van der Waals surface area contributed by atoms with Gasteiger partial charge in [0.15, 0.2) is 0 Å². The van der Waals surface area contributed by atoms with E-state index in [0.29, 0.717) is 19.1 Å². The van der Waals surface area contributed by atoms with Crippen molar-refractivity contribution in [3.05, 3.63) is 0 Å². The lowest BCUT2D eigenvalue weighted by Gasteiger charge is -2.12. The Kier molecular flexibility index (Phi) is 8.33. The zero-order chi connectivity index (χ0) is 11.7. The molecular formula is C11H23NO3. The summed E-state index contributed by atoms with van der Waals surface area (Å²) in [4.78, 5) is 11.3. The van der Waals surface area contributed by atoms with Crippen molar-refractivity contribution in [2.45, 2.75) is 45.8 Å². The maximum atomic E-state index is 11.3. The Morgan fingerprint density at radius 2 is 2.00 bits per heavy atom. The molecule has 0 aliphatic heterocycles. The van der Waals surface area contributed by atoms with Crippen LogP contribution in [-0.2, 0) is 14.3 Å². The van der Waals surface area contributed by atoms with Crippen molar-refractivity contribution in [1.82, 2.24) is 5.32 Å². The van der Waals surface area contributed by atoms with E-state index in [1.807, 2.05) is 6.92 Å². The number of esters is 1. The van der Waals surface area contributed by atoms with Crippen LogP contribution in [0.1, 0.15) is 33.6 Å². The highest BCUT2D eigenvalue weighted by Gasteiger charge is 2.08. The highest BCUT2D eigenvalue weighted by Crippen LogP contribution is 1.97. The first-order valence-corrected chi connectivity index (χ1v) is 5.48. The van der Waals surface area contributed by atoms with E-state index in [1.54, 1.807) is 7.11 Å². The average Bonchev–Trinajstić information content (AvgIpc) is 2.12. The van der Waals surface area contributed by atoms with E-state index in [-0.39, 0.29) is 12.1 Å².